The molecule has 4 aromatic rings. The zero-order chi connectivity index (χ0) is 19.7. The summed E-state index contributed by atoms with van der Waals surface area (Å²) in [5.74, 6) is -2.13. The summed E-state index contributed by atoms with van der Waals surface area (Å²) in [4.78, 5) is 21.0. The number of aromatic nitrogens is 2. The van der Waals surface area contributed by atoms with E-state index in [1.54, 1.807) is 12.3 Å². The second-order valence-corrected chi connectivity index (χ2v) is 8.01. The third-order valence-corrected chi connectivity index (χ3v) is 5.57. The molecule has 0 aliphatic heterocycles. The minimum absolute atomic E-state index is 0.265. The van der Waals surface area contributed by atoms with Crippen molar-refractivity contribution in [2.75, 3.05) is 5.32 Å². The Morgan fingerprint density at radius 1 is 1.18 bits per heavy atom. The predicted molar refractivity (Wildman–Crippen MR) is 105 cm³/mol. The average Bonchev–Trinajstić information content (AvgIpc) is 3.30. The first-order valence-electron chi connectivity index (χ1n) is 8.23. The summed E-state index contributed by atoms with van der Waals surface area (Å²) < 4.78 is 32.1. The maximum atomic E-state index is 13.4. The smallest absolute Gasteiger partial charge is 0.257 e. The van der Waals surface area contributed by atoms with E-state index in [0.29, 0.717) is 27.2 Å². The van der Waals surface area contributed by atoms with Crippen LogP contribution in [0.1, 0.15) is 6.92 Å². The fraction of sp³-hybridized carbons (Fsp3) is 0.105. The van der Waals surface area contributed by atoms with Gasteiger partial charge in [-0.3, -0.25) is 4.79 Å². The number of oxazole rings is 1. The lowest BCUT2D eigenvalue weighted by Crippen LogP contribution is -2.22. The molecule has 0 fully saturated rings. The van der Waals surface area contributed by atoms with Gasteiger partial charge in [0.1, 0.15) is 5.52 Å². The molecule has 0 spiro atoms. The summed E-state index contributed by atoms with van der Waals surface area (Å²) >= 11 is 2.40. The average molecular weight is 417 g/mol. The molecule has 142 valence electrons. The van der Waals surface area contributed by atoms with Crippen LogP contribution in [0.5, 0.6) is 0 Å². The Morgan fingerprint density at radius 3 is 2.79 bits per heavy atom. The van der Waals surface area contributed by atoms with E-state index < -0.39 is 16.9 Å². The molecule has 2 aromatic carbocycles. The number of nitrogens with zero attached hydrogens (tertiary/aromatic N) is 2. The predicted octanol–water partition coefficient (Wildman–Crippen LogP) is 5.35. The van der Waals surface area contributed by atoms with Crippen molar-refractivity contribution >= 4 is 45.2 Å². The van der Waals surface area contributed by atoms with E-state index >= 15 is 0 Å². The van der Waals surface area contributed by atoms with Gasteiger partial charge in [0.25, 0.3) is 5.22 Å². The first-order valence-corrected chi connectivity index (χ1v) is 9.99. The number of carbonyl (C=O) groups is 1. The van der Waals surface area contributed by atoms with Crippen LogP contribution in [0.2, 0.25) is 0 Å². The number of hydrogen-bond donors (Lipinski definition) is 1. The summed E-state index contributed by atoms with van der Waals surface area (Å²) in [5.41, 5.74) is 2.28. The van der Waals surface area contributed by atoms with E-state index in [0.717, 1.165) is 17.6 Å². The first-order chi connectivity index (χ1) is 13.5. The lowest BCUT2D eigenvalue weighted by atomic mass is 10.2. The Hall–Kier alpha value is -2.78. The lowest BCUT2D eigenvalue weighted by molar-refractivity contribution is -0.115. The molecule has 0 aliphatic rings. The summed E-state index contributed by atoms with van der Waals surface area (Å²) in [6, 6.07) is 10.9. The van der Waals surface area contributed by atoms with Gasteiger partial charge >= 0.3 is 0 Å². The molecule has 5 nitrogen and oxygen atoms in total. The van der Waals surface area contributed by atoms with Crippen LogP contribution in [0.15, 0.2) is 57.5 Å². The van der Waals surface area contributed by atoms with Crippen LogP contribution < -0.4 is 5.32 Å². The van der Waals surface area contributed by atoms with Gasteiger partial charge in [0.05, 0.1) is 10.9 Å². The summed E-state index contributed by atoms with van der Waals surface area (Å²) in [7, 11) is 0. The van der Waals surface area contributed by atoms with Crippen LogP contribution in [0, 0.1) is 11.6 Å². The molecule has 0 bridgehead atoms. The molecular formula is C19H13F2N3O2S2. The third kappa shape index (κ3) is 3.90. The number of halogens is 2. The molecule has 1 amide bonds. The van der Waals surface area contributed by atoms with Crippen molar-refractivity contribution in [2.24, 2.45) is 0 Å². The number of rotatable bonds is 5. The molecule has 1 atom stereocenters. The summed E-state index contributed by atoms with van der Waals surface area (Å²) in [6.07, 6.45) is 0. The molecule has 9 heteroatoms. The lowest BCUT2D eigenvalue weighted by Gasteiger charge is -2.07. The van der Waals surface area contributed by atoms with Gasteiger partial charge in [-0.15, -0.1) is 11.3 Å². The minimum atomic E-state index is -0.945. The van der Waals surface area contributed by atoms with Gasteiger partial charge in [-0.25, -0.2) is 18.7 Å². The van der Waals surface area contributed by atoms with Gasteiger partial charge in [0.15, 0.2) is 22.3 Å². The highest BCUT2D eigenvalue weighted by molar-refractivity contribution is 8.00. The zero-order valence-electron chi connectivity index (χ0n) is 14.5. The van der Waals surface area contributed by atoms with Crippen LogP contribution in [-0.2, 0) is 4.79 Å². The summed E-state index contributed by atoms with van der Waals surface area (Å²) in [6.45, 7) is 1.73. The third-order valence-electron chi connectivity index (χ3n) is 3.87. The van der Waals surface area contributed by atoms with Gasteiger partial charge in [-0.2, -0.15) is 0 Å². The number of hydrogen-bond acceptors (Lipinski definition) is 6. The molecule has 0 saturated heterocycles. The van der Waals surface area contributed by atoms with Gasteiger partial charge in [-0.1, -0.05) is 23.9 Å². The monoisotopic (exact) mass is 417 g/mol. The summed E-state index contributed by atoms with van der Waals surface area (Å²) in [5, 5.41) is 4.70. The van der Waals surface area contributed by atoms with Gasteiger partial charge in [0, 0.05) is 10.9 Å². The molecule has 0 saturated carbocycles. The normalized spacial score (nSPS) is 12.2. The molecule has 1 N–H and O–H groups in total. The molecule has 0 radical (unpaired) electrons. The maximum Gasteiger partial charge on any atom is 0.257 e. The van der Waals surface area contributed by atoms with E-state index in [4.69, 9.17) is 4.42 Å². The van der Waals surface area contributed by atoms with Gasteiger partial charge in [0.2, 0.25) is 5.91 Å². The van der Waals surface area contributed by atoms with Crippen LogP contribution in [0.3, 0.4) is 0 Å². The van der Waals surface area contributed by atoms with E-state index in [1.165, 1.54) is 29.2 Å². The van der Waals surface area contributed by atoms with E-state index in [9.17, 15) is 13.6 Å². The highest BCUT2D eigenvalue weighted by Gasteiger charge is 2.19. The highest BCUT2D eigenvalue weighted by Crippen LogP contribution is 2.29. The number of carbonyl (C=O) groups excluding carboxylic acids is 1. The van der Waals surface area contributed by atoms with E-state index in [-0.39, 0.29) is 5.91 Å². The molecule has 4 rings (SSSR count). The second-order valence-electron chi connectivity index (χ2n) is 5.86. The standard InChI is InChI=1S/C19H13F2N3O2S2/c1-10(28-19-23-14-4-2-3-5-16(14)26-19)17(25)24-18-22-15(9-27-18)11-6-7-12(20)13(21)8-11/h2-10H,1H3,(H,22,24,25). The van der Waals surface area contributed by atoms with Crippen LogP contribution in [0.25, 0.3) is 22.4 Å². The van der Waals surface area contributed by atoms with Gasteiger partial charge < -0.3 is 9.73 Å². The van der Waals surface area contributed by atoms with Crippen molar-refractivity contribution < 1.29 is 18.0 Å². The van der Waals surface area contributed by atoms with Crippen molar-refractivity contribution in [3.8, 4) is 11.3 Å². The van der Waals surface area contributed by atoms with Gasteiger partial charge in [-0.05, 0) is 37.3 Å². The first kappa shape index (κ1) is 18.6. The number of amides is 1. The number of nitrogens with one attached hydrogen (secondary N) is 1. The number of benzene rings is 2. The topological polar surface area (TPSA) is 68.0 Å². The molecule has 0 aliphatic carbocycles. The Bertz CT molecular complexity index is 1130. The van der Waals surface area contributed by atoms with Crippen molar-refractivity contribution in [3.63, 3.8) is 0 Å². The molecule has 1 unspecified atom stereocenters. The number of anilines is 1. The van der Waals surface area contributed by atoms with Crippen molar-refractivity contribution in [1.82, 2.24) is 9.97 Å². The molecule has 28 heavy (non-hydrogen) atoms. The Kier molecular flexibility index (Phi) is 5.10. The second kappa shape index (κ2) is 7.69. The van der Waals surface area contributed by atoms with Crippen molar-refractivity contribution in [1.29, 1.82) is 0 Å². The fourth-order valence-electron chi connectivity index (χ4n) is 2.43. The minimum Gasteiger partial charge on any atom is -0.431 e. The number of thiazole rings is 1. The largest absolute Gasteiger partial charge is 0.431 e. The Morgan fingerprint density at radius 2 is 2.00 bits per heavy atom. The van der Waals surface area contributed by atoms with Crippen LogP contribution in [0.4, 0.5) is 13.9 Å². The van der Waals surface area contributed by atoms with Crippen LogP contribution in [-0.4, -0.2) is 21.1 Å². The molecular weight excluding hydrogens is 404 g/mol. The fourth-order valence-corrected chi connectivity index (χ4v) is 3.91. The number of para-hydroxylation sites is 2. The number of fused-ring (bicyclic) bond motifs is 1. The Labute approximate surface area is 166 Å². The SMILES string of the molecule is CC(Sc1nc2ccccc2o1)C(=O)Nc1nc(-c2ccc(F)c(F)c2)cs1. The van der Waals surface area contributed by atoms with E-state index in [1.807, 2.05) is 24.3 Å². The zero-order valence-corrected chi connectivity index (χ0v) is 16.1. The van der Waals surface area contributed by atoms with Crippen LogP contribution >= 0.6 is 23.1 Å². The quantitative estimate of drug-likeness (QED) is 0.444. The van der Waals surface area contributed by atoms with Crippen molar-refractivity contribution in [3.05, 3.63) is 59.5 Å². The molecule has 2 aromatic heterocycles. The van der Waals surface area contributed by atoms with E-state index in [2.05, 4.69) is 15.3 Å². The highest BCUT2D eigenvalue weighted by atomic mass is 32.2. The number of thioether (sulfide) groups is 1. The maximum absolute atomic E-state index is 13.4. The van der Waals surface area contributed by atoms with Crippen molar-refractivity contribution in [2.45, 2.75) is 17.4 Å². The Balaban J connectivity index is 1.43. The molecule has 2 heterocycles.